The minimum atomic E-state index is -1.50. The molecule has 4 nitrogen and oxygen atoms in total. The van der Waals surface area contributed by atoms with Crippen molar-refractivity contribution in [2.45, 2.75) is 29.6 Å². The number of benzene rings is 1. The zero-order valence-corrected chi connectivity index (χ0v) is 14.2. The largest absolute Gasteiger partial charge is 0.382 e. The Balaban J connectivity index is 1.93. The highest BCUT2D eigenvalue weighted by Crippen LogP contribution is 2.41. The maximum absolute atomic E-state index is 14.3. The lowest BCUT2D eigenvalue weighted by Gasteiger charge is -2.38. The molecule has 1 aromatic carbocycles. The van der Waals surface area contributed by atoms with E-state index in [9.17, 15) is 13.9 Å². The lowest BCUT2D eigenvalue weighted by molar-refractivity contribution is 0.0132. The molecule has 1 fully saturated rings. The zero-order chi connectivity index (χ0) is 16.4. The van der Waals surface area contributed by atoms with E-state index >= 15 is 0 Å². The molecule has 0 radical (unpaired) electrons. The van der Waals surface area contributed by atoms with Crippen LogP contribution in [0.4, 0.5) is 8.78 Å². The van der Waals surface area contributed by atoms with Gasteiger partial charge >= 0.3 is 0 Å². The minimum absolute atomic E-state index is 0.0591. The monoisotopic (exact) mass is 357 g/mol. The summed E-state index contributed by atoms with van der Waals surface area (Å²) in [5.74, 6) is 0.647. The molecular formula is C15H17F2N3OS2. The third-order valence-corrected chi connectivity index (χ3v) is 7.16. The van der Waals surface area contributed by atoms with Crippen molar-refractivity contribution in [3.8, 4) is 0 Å². The van der Waals surface area contributed by atoms with E-state index in [1.165, 1.54) is 29.5 Å². The van der Waals surface area contributed by atoms with Crippen LogP contribution in [0.5, 0.6) is 0 Å². The molecule has 0 amide bonds. The third kappa shape index (κ3) is 3.54. The number of aliphatic hydroxyl groups is 1. The van der Waals surface area contributed by atoms with Crippen molar-refractivity contribution in [3.05, 3.63) is 48.1 Å². The first-order valence-corrected chi connectivity index (χ1v) is 9.32. The Labute approximate surface area is 141 Å². The number of halogens is 2. The molecule has 2 heterocycles. The molecule has 0 aliphatic carbocycles. The number of thioether (sulfide) groups is 2. The average Bonchev–Trinajstić information content (AvgIpc) is 2.95. The molecule has 1 aliphatic heterocycles. The van der Waals surface area contributed by atoms with Crippen LogP contribution < -0.4 is 0 Å². The first-order chi connectivity index (χ1) is 11.0. The number of nitrogens with zero attached hydrogens (tertiary/aromatic N) is 3. The van der Waals surface area contributed by atoms with E-state index in [1.54, 1.807) is 11.8 Å². The van der Waals surface area contributed by atoms with Crippen LogP contribution in [0.15, 0.2) is 30.9 Å². The Morgan fingerprint density at radius 3 is 2.83 bits per heavy atom. The van der Waals surface area contributed by atoms with Gasteiger partial charge in [-0.3, -0.25) is 0 Å². The van der Waals surface area contributed by atoms with Gasteiger partial charge in [-0.05, 0) is 6.07 Å². The molecule has 2 aromatic rings. The van der Waals surface area contributed by atoms with E-state index < -0.39 is 17.2 Å². The Morgan fingerprint density at radius 1 is 1.48 bits per heavy atom. The quantitative estimate of drug-likeness (QED) is 0.861. The number of hydrogen-bond donors (Lipinski definition) is 1. The fraction of sp³-hybridized carbons (Fsp3) is 0.467. The molecular weight excluding hydrogens is 340 g/mol. The molecule has 1 aromatic heterocycles. The summed E-state index contributed by atoms with van der Waals surface area (Å²) in [6.45, 7) is 1.93. The van der Waals surface area contributed by atoms with Crippen molar-refractivity contribution >= 4 is 23.5 Å². The summed E-state index contributed by atoms with van der Waals surface area (Å²) in [6, 6.07) is 3.29. The van der Waals surface area contributed by atoms with Crippen LogP contribution in [-0.4, -0.2) is 41.9 Å². The van der Waals surface area contributed by atoms with Crippen molar-refractivity contribution < 1.29 is 13.9 Å². The van der Waals surface area contributed by atoms with Gasteiger partial charge in [0.1, 0.15) is 29.9 Å². The summed E-state index contributed by atoms with van der Waals surface area (Å²) in [5, 5.41) is 15.5. The van der Waals surface area contributed by atoms with Crippen LogP contribution >= 0.6 is 23.5 Å². The molecule has 1 N–H and O–H groups in total. The number of rotatable bonds is 6. The van der Waals surface area contributed by atoms with Gasteiger partial charge in [-0.15, -0.1) is 0 Å². The zero-order valence-electron chi connectivity index (χ0n) is 12.5. The predicted molar refractivity (Wildman–Crippen MR) is 88.4 cm³/mol. The summed E-state index contributed by atoms with van der Waals surface area (Å²) in [4.78, 5) is 3.86. The molecule has 1 aliphatic rings. The maximum Gasteiger partial charge on any atom is 0.137 e. The summed E-state index contributed by atoms with van der Waals surface area (Å²) in [7, 11) is 0. The van der Waals surface area contributed by atoms with Crippen molar-refractivity contribution in [2.24, 2.45) is 0 Å². The van der Waals surface area contributed by atoms with Crippen molar-refractivity contribution in [1.29, 1.82) is 0 Å². The number of aromatic nitrogens is 3. The van der Waals surface area contributed by atoms with Crippen LogP contribution in [0.3, 0.4) is 0 Å². The average molecular weight is 357 g/mol. The molecule has 0 spiro atoms. The number of hydrogen-bond acceptors (Lipinski definition) is 5. The second-order valence-corrected chi connectivity index (χ2v) is 8.30. The van der Waals surface area contributed by atoms with Crippen LogP contribution in [0.2, 0.25) is 0 Å². The fourth-order valence-electron chi connectivity index (χ4n) is 2.53. The highest BCUT2D eigenvalue weighted by Gasteiger charge is 2.41. The second-order valence-electron chi connectivity index (χ2n) is 5.58. The van der Waals surface area contributed by atoms with Gasteiger partial charge < -0.3 is 5.11 Å². The lowest BCUT2D eigenvalue weighted by atomic mass is 9.90. The van der Waals surface area contributed by atoms with Gasteiger partial charge in [0.05, 0.1) is 6.54 Å². The second kappa shape index (κ2) is 6.78. The minimum Gasteiger partial charge on any atom is -0.382 e. The Hall–Kier alpha value is -1.12. The van der Waals surface area contributed by atoms with Gasteiger partial charge in [-0.2, -0.15) is 28.6 Å². The first-order valence-electron chi connectivity index (χ1n) is 7.22. The van der Waals surface area contributed by atoms with Crippen LogP contribution in [0.25, 0.3) is 0 Å². The molecule has 2 atom stereocenters. The highest BCUT2D eigenvalue weighted by molar-refractivity contribution is 8.07. The summed E-state index contributed by atoms with van der Waals surface area (Å²) in [5.41, 5.74) is -1.42. The van der Waals surface area contributed by atoms with E-state index in [0.717, 1.165) is 17.6 Å². The molecule has 1 saturated heterocycles. The normalized spacial score (nSPS) is 19.1. The highest BCUT2D eigenvalue weighted by atomic mass is 32.2. The molecule has 124 valence electrons. The Kier molecular flexibility index (Phi) is 4.93. The van der Waals surface area contributed by atoms with Crippen LogP contribution in [0.1, 0.15) is 12.5 Å². The van der Waals surface area contributed by atoms with Gasteiger partial charge in [0.15, 0.2) is 0 Å². The van der Waals surface area contributed by atoms with Gasteiger partial charge in [-0.1, -0.05) is 13.0 Å². The summed E-state index contributed by atoms with van der Waals surface area (Å²) >= 11 is 3.48. The SMILES string of the molecule is CC(SC1CSC1)C(O)(Cn1cncn1)c1ccc(F)cc1F. The maximum atomic E-state index is 14.3. The van der Waals surface area contributed by atoms with E-state index in [4.69, 9.17) is 0 Å². The Morgan fingerprint density at radius 2 is 2.26 bits per heavy atom. The smallest absolute Gasteiger partial charge is 0.137 e. The topological polar surface area (TPSA) is 50.9 Å². The van der Waals surface area contributed by atoms with Crippen molar-refractivity contribution in [3.63, 3.8) is 0 Å². The fourth-order valence-corrected chi connectivity index (χ4v) is 5.17. The molecule has 3 rings (SSSR count). The van der Waals surface area contributed by atoms with Crippen molar-refractivity contribution in [1.82, 2.24) is 14.8 Å². The standard InChI is InChI=1S/C15H17F2N3OS2/c1-10(23-12-5-22-6-12)15(21,7-20-9-18-8-19-20)13-3-2-11(16)4-14(13)17/h2-4,8-10,12,21H,5-7H2,1H3. The predicted octanol–water partition coefficient (Wildman–Crippen LogP) is 2.68. The van der Waals surface area contributed by atoms with Gasteiger partial charge in [0, 0.05) is 33.6 Å². The van der Waals surface area contributed by atoms with E-state index in [-0.39, 0.29) is 17.4 Å². The first kappa shape index (κ1) is 16.7. The van der Waals surface area contributed by atoms with Gasteiger partial charge in [0.25, 0.3) is 0 Å². The summed E-state index contributed by atoms with van der Waals surface area (Å²) in [6.07, 6.45) is 2.84. The molecule has 0 saturated carbocycles. The Bertz CT molecular complexity index is 667. The molecule has 8 heteroatoms. The van der Waals surface area contributed by atoms with Crippen LogP contribution in [-0.2, 0) is 12.1 Å². The van der Waals surface area contributed by atoms with E-state index in [2.05, 4.69) is 10.1 Å². The molecule has 0 bridgehead atoms. The van der Waals surface area contributed by atoms with E-state index in [1.807, 2.05) is 18.7 Å². The van der Waals surface area contributed by atoms with Gasteiger partial charge in [-0.25, -0.2) is 18.4 Å². The van der Waals surface area contributed by atoms with Crippen molar-refractivity contribution in [2.75, 3.05) is 11.5 Å². The summed E-state index contributed by atoms with van der Waals surface area (Å²) < 4.78 is 29.0. The molecule has 23 heavy (non-hydrogen) atoms. The van der Waals surface area contributed by atoms with Crippen LogP contribution in [0, 0.1) is 11.6 Å². The molecule has 2 unspecified atom stereocenters. The van der Waals surface area contributed by atoms with E-state index in [0.29, 0.717) is 5.25 Å². The lowest BCUT2D eigenvalue weighted by Crippen LogP contribution is -2.43. The third-order valence-electron chi connectivity index (χ3n) is 3.94. The van der Waals surface area contributed by atoms with Gasteiger partial charge in [0.2, 0.25) is 0 Å².